The zero-order valence-electron chi connectivity index (χ0n) is 8.11. The highest BCUT2D eigenvalue weighted by atomic mass is 16.1. The van der Waals surface area contributed by atoms with Crippen LogP contribution < -0.4 is 5.73 Å². The van der Waals surface area contributed by atoms with Crippen molar-refractivity contribution < 1.29 is 4.79 Å². The molecule has 0 aliphatic rings. The highest BCUT2D eigenvalue weighted by molar-refractivity contribution is 5.98. The summed E-state index contributed by atoms with van der Waals surface area (Å²) in [6, 6.07) is 0. The van der Waals surface area contributed by atoms with Gasteiger partial charge in [-0.15, -0.1) is 0 Å². The molecule has 0 heterocycles. The maximum atomic E-state index is 11.1. The molecule has 3 nitrogen and oxygen atoms in total. The van der Waals surface area contributed by atoms with Crippen LogP contribution in [0, 0.1) is 10.8 Å². The molecule has 3 N–H and O–H groups in total. The molecule has 0 aliphatic carbocycles. The van der Waals surface area contributed by atoms with Crippen molar-refractivity contribution in [1.29, 1.82) is 5.41 Å². The molecule has 0 aromatic rings. The molecular weight excluding hydrogens is 152 g/mol. The minimum Gasteiger partial charge on any atom is -0.387 e. The van der Waals surface area contributed by atoms with Crippen molar-refractivity contribution in [2.45, 2.75) is 40.0 Å². The van der Waals surface area contributed by atoms with Gasteiger partial charge in [0.25, 0.3) is 0 Å². The number of carbonyl (C=O) groups is 1. The molecule has 0 aromatic carbocycles. The largest absolute Gasteiger partial charge is 0.387 e. The molecule has 0 fully saturated rings. The number of hydrogen-bond donors (Lipinski definition) is 2. The molecule has 0 radical (unpaired) electrons. The van der Waals surface area contributed by atoms with E-state index in [1.165, 1.54) is 0 Å². The van der Waals surface area contributed by atoms with Gasteiger partial charge in [0.15, 0.2) is 0 Å². The Labute approximate surface area is 73.8 Å². The average Bonchev–Trinajstić information content (AvgIpc) is 1.80. The van der Waals surface area contributed by atoms with Crippen molar-refractivity contribution in [3.63, 3.8) is 0 Å². The van der Waals surface area contributed by atoms with E-state index < -0.39 is 0 Å². The zero-order chi connectivity index (χ0) is 9.78. The third kappa shape index (κ3) is 7.25. The van der Waals surface area contributed by atoms with E-state index in [0.29, 0.717) is 6.42 Å². The SMILES string of the molecule is CC(C)(C)CCC(=O)CC(=N)N. The number of amidine groups is 1. The van der Waals surface area contributed by atoms with Gasteiger partial charge in [-0.25, -0.2) is 0 Å². The maximum Gasteiger partial charge on any atom is 0.140 e. The predicted molar refractivity (Wildman–Crippen MR) is 50.2 cm³/mol. The van der Waals surface area contributed by atoms with E-state index in [2.05, 4.69) is 20.8 Å². The van der Waals surface area contributed by atoms with Crippen LogP contribution in [-0.2, 0) is 4.79 Å². The lowest BCUT2D eigenvalue weighted by molar-refractivity contribution is -0.118. The fraction of sp³-hybridized carbons (Fsp3) is 0.778. The van der Waals surface area contributed by atoms with Gasteiger partial charge in [0.2, 0.25) is 0 Å². The molecule has 0 saturated heterocycles. The second-order valence-corrected chi connectivity index (χ2v) is 4.30. The molecule has 3 heteroatoms. The van der Waals surface area contributed by atoms with E-state index in [-0.39, 0.29) is 23.5 Å². The molecule has 0 unspecified atom stereocenters. The van der Waals surface area contributed by atoms with E-state index in [0.717, 1.165) is 6.42 Å². The Hall–Kier alpha value is -0.860. The molecule has 70 valence electrons. The summed E-state index contributed by atoms with van der Waals surface area (Å²) in [4.78, 5) is 11.1. The fourth-order valence-corrected chi connectivity index (χ4v) is 0.815. The van der Waals surface area contributed by atoms with Crippen molar-refractivity contribution in [1.82, 2.24) is 0 Å². The van der Waals surface area contributed by atoms with Gasteiger partial charge in [-0.2, -0.15) is 0 Å². The van der Waals surface area contributed by atoms with Gasteiger partial charge in [0.05, 0.1) is 12.3 Å². The van der Waals surface area contributed by atoms with Crippen LogP contribution in [0.3, 0.4) is 0 Å². The van der Waals surface area contributed by atoms with Gasteiger partial charge >= 0.3 is 0 Å². The Bertz CT molecular complexity index is 179. The molecule has 0 bridgehead atoms. The lowest BCUT2D eigenvalue weighted by Crippen LogP contribution is -2.17. The molecule has 12 heavy (non-hydrogen) atoms. The summed E-state index contributed by atoms with van der Waals surface area (Å²) in [6.07, 6.45) is 1.50. The number of ketones is 1. The average molecular weight is 170 g/mol. The predicted octanol–water partition coefficient (Wildman–Crippen LogP) is 1.71. The monoisotopic (exact) mass is 170 g/mol. The van der Waals surface area contributed by atoms with E-state index >= 15 is 0 Å². The third-order valence-electron chi connectivity index (χ3n) is 1.54. The first-order valence-electron chi connectivity index (χ1n) is 4.16. The minimum atomic E-state index is -0.0334. The molecule has 0 saturated carbocycles. The highest BCUT2D eigenvalue weighted by Gasteiger charge is 2.12. The number of carbonyl (C=O) groups excluding carboxylic acids is 1. The number of Topliss-reactive ketones (excluding diaryl/α,β-unsaturated/α-hetero) is 1. The molecule has 0 aliphatic heterocycles. The van der Waals surface area contributed by atoms with Crippen molar-refractivity contribution in [3.8, 4) is 0 Å². The first kappa shape index (κ1) is 11.1. The van der Waals surface area contributed by atoms with Crippen LogP contribution in [0.1, 0.15) is 40.0 Å². The zero-order valence-corrected chi connectivity index (χ0v) is 8.11. The normalized spacial score (nSPS) is 11.2. The summed E-state index contributed by atoms with van der Waals surface area (Å²) in [6.45, 7) is 6.27. The van der Waals surface area contributed by atoms with Crippen LogP contribution in [0.25, 0.3) is 0 Å². The fourth-order valence-electron chi connectivity index (χ4n) is 0.815. The van der Waals surface area contributed by atoms with Crippen LogP contribution in [0.2, 0.25) is 0 Å². The van der Waals surface area contributed by atoms with E-state index in [1.54, 1.807) is 0 Å². The summed E-state index contributed by atoms with van der Waals surface area (Å²) in [5.41, 5.74) is 5.28. The van der Waals surface area contributed by atoms with Crippen molar-refractivity contribution in [2.24, 2.45) is 11.1 Å². The number of rotatable bonds is 4. The summed E-state index contributed by atoms with van der Waals surface area (Å²) in [5.74, 6) is 0.0336. The number of hydrogen-bond acceptors (Lipinski definition) is 2. The van der Waals surface area contributed by atoms with Gasteiger partial charge in [-0.05, 0) is 11.8 Å². The van der Waals surface area contributed by atoms with Crippen LogP contribution in [-0.4, -0.2) is 11.6 Å². The van der Waals surface area contributed by atoms with Crippen LogP contribution >= 0.6 is 0 Å². The molecule has 0 atom stereocenters. The topological polar surface area (TPSA) is 66.9 Å². The summed E-state index contributed by atoms with van der Waals surface area (Å²) in [5, 5.41) is 6.92. The quantitative estimate of drug-likeness (QED) is 0.498. The summed E-state index contributed by atoms with van der Waals surface area (Å²) < 4.78 is 0. The van der Waals surface area contributed by atoms with Crippen molar-refractivity contribution in [3.05, 3.63) is 0 Å². The first-order chi connectivity index (χ1) is 5.31. The first-order valence-corrected chi connectivity index (χ1v) is 4.16. The maximum absolute atomic E-state index is 11.1. The van der Waals surface area contributed by atoms with Gasteiger partial charge in [0, 0.05) is 6.42 Å². The third-order valence-corrected chi connectivity index (χ3v) is 1.54. The Morgan fingerprint density at radius 3 is 2.25 bits per heavy atom. The second kappa shape index (κ2) is 4.24. The smallest absolute Gasteiger partial charge is 0.140 e. The molecule has 0 rings (SSSR count). The lowest BCUT2D eigenvalue weighted by Gasteiger charge is -2.16. The van der Waals surface area contributed by atoms with E-state index in [1.807, 2.05) is 0 Å². The van der Waals surface area contributed by atoms with Crippen LogP contribution in [0.4, 0.5) is 0 Å². The van der Waals surface area contributed by atoms with Gasteiger partial charge in [0.1, 0.15) is 5.78 Å². The Kier molecular flexibility index (Phi) is 3.93. The van der Waals surface area contributed by atoms with Crippen LogP contribution in [0.15, 0.2) is 0 Å². The number of nitrogens with two attached hydrogens (primary N) is 1. The number of nitrogens with one attached hydrogen (secondary N) is 1. The Morgan fingerprint density at radius 1 is 1.42 bits per heavy atom. The van der Waals surface area contributed by atoms with Crippen molar-refractivity contribution >= 4 is 11.6 Å². The molecular formula is C9H18N2O. The van der Waals surface area contributed by atoms with Gasteiger partial charge < -0.3 is 5.73 Å². The van der Waals surface area contributed by atoms with Crippen LogP contribution in [0.5, 0.6) is 0 Å². The molecule has 0 aromatic heterocycles. The molecule has 0 spiro atoms. The van der Waals surface area contributed by atoms with E-state index in [9.17, 15) is 4.79 Å². The van der Waals surface area contributed by atoms with Crippen molar-refractivity contribution in [2.75, 3.05) is 0 Å². The standard InChI is InChI=1S/C9H18N2O/c1-9(2,3)5-4-7(12)6-8(10)11/h4-6H2,1-3H3,(H3,10,11). The molecule has 0 amide bonds. The summed E-state index contributed by atoms with van der Waals surface area (Å²) in [7, 11) is 0. The lowest BCUT2D eigenvalue weighted by atomic mass is 9.89. The Morgan fingerprint density at radius 2 is 1.92 bits per heavy atom. The van der Waals surface area contributed by atoms with E-state index in [4.69, 9.17) is 11.1 Å². The second-order valence-electron chi connectivity index (χ2n) is 4.30. The summed E-state index contributed by atoms with van der Waals surface area (Å²) >= 11 is 0. The Balaban J connectivity index is 3.65. The minimum absolute atomic E-state index is 0.0334. The highest BCUT2D eigenvalue weighted by Crippen LogP contribution is 2.20. The van der Waals surface area contributed by atoms with Gasteiger partial charge in [-0.1, -0.05) is 20.8 Å². The van der Waals surface area contributed by atoms with Gasteiger partial charge in [-0.3, -0.25) is 10.2 Å².